The van der Waals surface area contributed by atoms with E-state index in [9.17, 15) is 4.79 Å². The first-order chi connectivity index (χ1) is 9.08. The van der Waals surface area contributed by atoms with Crippen LogP contribution in [0.5, 0.6) is 0 Å². The fourth-order valence-corrected chi connectivity index (χ4v) is 2.66. The summed E-state index contributed by atoms with van der Waals surface area (Å²) >= 11 is 6.31. The van der Waals surface area contributed by atoms with E-state index in [1.807, 2.05) is 31.2 Å². The van der Waals surface area contributed by atoms with Gasteiger partial charge in [0.1, 0.15) is 0 Å². The van der Waals surface area contributed by atoms with Gasteiger partial charge in [-0.3, -0.25) is 4.79 Å². The second-order valence-corrected chi connectivity index (χ2v) is 5.56. The highest BCUT2D eigenvalue weighted by Crippen LogP contribution is 2.17. The Kier molecular flexibility index (Phi) is 6.93. The fraction of sp³-hybridized carbons (Fsp3) is 0.562. The highest BCUT2D eigenvalue weighted by Gasteiger charge is 2.16. The number of alkyl halides is 1. The van der Waals surface area contributed by atoms with Crippen LogP contribution in [0, 0.1) is 12.8 Å². The second kappa shape index (κ2) is 8.21. The Hall–Kier alpha value is -1.02. The summed E-state index contributed by atoms with van der Waals surface area (Å²) in [6.07, 6.45) is 2.54. The van der Waals surface area contributed by atoms with Crippen LogP contribution in [0.1, 0.15) is 37.8 Å². The lowest BCUT2D eigenvalue weighted by Crippen LogP contribution is -2.34. The van der Waals surface area contributed by atoms with Crippen LogP contribution in [-0.2, 0) is 11.2 Å². The summed E-state index contributed by atoms with van der Waals surface area (Å²) in [5.41, 5.74) is 2.23. The van der Waals surface area contributed by atoms with E-state index < -0.39 is 0 Å². The maximum Gasteiger partial charge on any atom is 0.224 e. The quantitative estimate of drug-likeness (QED) is 0.759. The van der Waals surface area contributed by atoms with Crippen LogP contribution in [0.4, 0.5) is 0 Å². The first-order valence-electron chi connectivity index (χ1n) is 7.03. The van der Waals surface area contributed by atoms with Crippen molar-refractivity contribution in [3.8, 4) is 0 Å². The van der Waals surface area contributed by atoms with E-state index in [0.29, 0.717) is 18.9 Å². The normalized spacial score (nSPS) is 12.5. The number of carbonyl (C=O) groups excluding carboxylic acids is 1. The van der Waals surface area contributed by atoms with Crippen LogP contribution >= 0.6 is 11.6 Å². The minimum Gasteiger partial charge on any atom is -0.354 e. The lowest BCUT2D eigenvalue weighted by atomic mass is 9.99. The Morgan fingerprint density at radius 3 is 2.47 bits per heavy atom. The number of carbonyl (C=O) groups is 1. The fourth-order valence-electron chi connectivity index (χ4n) is 2.22. The van der Waals surface area contributed by atoms with Gasteiger partial charge in [-0.25, -0.2) is 0 Å². The smallest absolute Gasteiger partial charge is 0.224 e. The van der Waals surface area contributed by atoms with Gasteiger partial charge in [0, 0.05) is 6.54 Å². The van der Waals surface area contributed by atoms with Gasteiger partial charge >= 0.3 is 0 Å². The third kappa shape index (κ3) is 5.23. The van der Waals surface area contributed by atoms with Crippen LogP contribution in [0.3, 0.4) is 0 Å². The highest BCUT2D eigenvalue weighted by atomic mass is 35.5. The Balaban J connectivity index is 2.42. The number of hydrogen-bond acceptors (Lipinski definition) is 1. The minimum absolute atomic E-state index is 0.0239. The number of halogens is 1. The van der Waals surface area contributed by atoms with Crippen LogP contribution in [0.15, 0.2) is 24.3 Å². The van der Waals surface area contributed by atoms with E-state index in [-0.39, 0.29) is 11.3 Å². The molecule has 2 nitrogen and oxygen atoms in total. The van der Waals surface area contributed by atoms with Gasteiger partial charge < -0.3 is 5.32 Å². The van der Waals surface area contributed by atoms with Crippen molar-refractivity contribution in [3.63, 3.8) is 0 Å². The lowest BCUT2D eigenvalue weighted by Gasteiger charge is -2.19. The average Bonchev–Trinajstić information content (AvgIpc) is 2.40. The molecule has 0 fully saturated rings. The third-order valence-electron chi connectivity index (χ3n) is 3.67. The molecule has 0 bridgehead atoms. The molecule has 1 atom stereocenters. The standard InChI is InChI=1S/C16H24ClNO/c1-4-13(5-2)15(17)11-18-16(19)10-14-9-7-6-8-12(14)3/h6-9,13,15H,4-5,10-11H2,1-3H3,(H,18,19). The molecule has 1 aromatic carbocycles. The van der Waals surface area contributed by atoms with Crippen molar-refractivity contribution in [1.82, 2.24) is 5.32 Å². The van der Waals surface area contributed by atoms with Crippen LogP contribution in [-0.4, -0.2) is 17.8 Å². The molecule has 0 radical (unpaired) electrons. The summed E-state index contributed by atoms with van der Waals surface area (Å²) < 4.78 is 0. The van der Waals surface area contributed by atoms with Gasteiger partial charge in [-0.15, -0.1) is 11.6 Å². The third-order valence-corrected chi connectivity index (χ3v) is 4.18. The largest absolute Gasteiger partial charge is 0.354 e. The van der Waals surface area contributed by atoms with Gasteiger partial charge in [-0.2, -0.15) is 0 Å². The van der Waals surface area contributed by atoms with Crippen molar-refractivity contribution in [3.05, 3.63) is 35.4 Å². The number of hydrogen-bond donors (Lipinski definition) is 1. The van der Waals surface area contributed by atoms with Crippen molar-refractivity contribution < 1.29 is 4.79 Å². The number of benzene rings is 1. The molecular formula is C16H24ClNO. The van der Waals surface area contributed by atoms with E-state index in [1.54, 1.807) is 0 Å². The van der Waals surface area contributed by atoms with Crippen LogP contribution in [0.25, 0.3) is 0 Å². The molecule has 0 saturated heterocycles. The molecule has 0 aliphatic rings. The van der Waals surface area contributed by atoms with Crippen molar-refractivity contribution in [2.45, 2.75) is 45.4 Å². The summed E-state index contributed by atoms with van der Waals surface area (Å²) in [6, 6.07) is 7.97. The summed E-state index contributed by atoms with van der Waals surface area (Å²) in [5.74, 6) is 0.520. The SMILES string of the molecule is CCC(CC)C(Cl)CNC(=O)Cc1ccccc1C. The molecule has 3 heteroatoms. The number of aryl methyl sites for hydroxylation is 1. The molecule has 0 heterocycles. The molecule has 0 aliphatic heterocycles. The van der Waals surface area contributed by atoms with E-state index >= 15 is 0 Å². The summed E-state index contributed by atoms with van der Waals surface area (Å²) in [4.78, 5) is 11.9. The van der Waals surface area contributed by atoms with Gasteiger partial charge in [0.15, 0.2) is 0 Å². The molecule has 1 amide bonds. The molecule has 1 unspecified atom stereocenters. The first kappa shape index (κ1) is 16.0. The van der Waals surface area contributed by atoms with Gasteiger partial charge in [0.05, 0.1) is 11.8 Å². The zero-order valence-electron chi connectivity index (χ0n) is 12.1. The molecular weight excluding hydrogens is 258 g/mol. The number of rotatable bonds is 7. The minimum atomic E-state index is 0.0239. The molecule has 19 heavy (non-hydrogen) atoms. The Labute approximate surface area is 121 Å². The van der Waals surface area contributed by atoms with Gasteiger partial charge in [-0.1, -0.05) is 51.0 Å². The average molecular weight is 282 g/mol. The summed E-state index contributed by atoms with van der Waals surface area (Å²) in [7, 11) is 0. The van der Waals surface area contributed by atoms with Crippen molar-refractivity contribution in [2.75, 3.05) is 6.54 Å². The monoisotopic (exact) mass is 281 g/mol. The Bertz CT molecular complexity index is 401. The predicted octanol–water partition coefficient (Wildman–Crippen LogP) is 3.70. The predicted molar refractivity (Wildman–Crippen MR) is 81.6 cm³/mol. The molecule has 0 saturated carbocycles. The molecule has 1 rings (SSSR count). The molecule has 106 valence electrons. The Morgan fingerprint density at radius 1 is 1.26 bits per heavy atom. The van der Waals surface area contributed by atoms with Gasteiger partial charge in [0.25, 0.3) is 0 Å². The number of amides is 1. The highest BCUT2D eigenvalue weighted by molar-refractivity contribution is 6.21. The maximum absolute atomic E-state index is 11.9. The van der Waals surface area contributed by atoms with Crippen LogP contribution in [0.2, 0.25) is 0 Å². The van der Waals surface area contributed by atoms with Gasteiger partial charge in [0.2, 0.25) is 5.91 Å². The van der Waals surface area contributed by atoms with E-state index in [2.05, 4.69) is 19.2 Å². The summed E-state index contributed by atoms with van der Waals surface area (Å²) in [6.45, 7) is 6.85. The van der Waals surface area contributed by atoms with Gasteiger partial charge in [-0.05, 0) is 24.0 Å². The van der Waals surface area contributed by atoms with E-state index in [1.165, 1.54) is 0 Å². The maximum atomic E-state index is 11.9. The second-order valence-electron chi connectivity index (χ2n) is 5.00. The number of nitrogens with one attached hydrogen (secondary N) is 1. The molecule has 0 aromatic heterocycles. The molecule has 1 aromatic rings. The lowest BCUT2D eigenvalue weighted by molar-refractivity contribution is -0.120. The zero-order valence-corrected chi connectivity index (χ0v) is 12.8. The zero-order chi connectivity index (χ0) is 14.3. The molecule has 0 spiro atoms. The first-order valence-corrected chi connectivity index (χ1v) is 7.47. The van der Waals surface area contributed by atoms with Crippen molar-refractivity contribution in [1.29, 1.82) is 0 Å². The van der Waals surface area contributed by atoms with Crippen molar-refractivity contribution >= 4 is 17.5 Å². The van der Waals surface area contributed by atoms with Crippen molar-refractivity contribution in [2.24, 2.45) is 5.92 Å². The topological polar surface area (TPSA) is 29.1 Å². The molecule has 0 aliphatic carbocycles. The molecule has 1 N–H and O–H groups in total. The van der Waals surface area contributed by atoms with Crippen LogP contribution < -0.4 is 5.32 Å². The van der Waals surface area contributed by atoms with E-state index in [0.717, 1.165) is 24.0 Å². The van der Waals surface area contributed by atoms with E-state index in [4.69, 9.17) is 11.6 Å². The Morgan fingerprint density at radius 2 is 1.89 bits per heavy atom. The summed E-state index contributed by atoms with van der Waals surface area (Å²) in [5, 5.41) is 2.96.